The summed E-state index contributed by atoms with van der Waals surface area (Å²) in [5.74, 6) is 1.28. The normalized spacial score (nSPS) is 24.8. The first-order valence-corrected chi connectivity index (χ1v) is 13.4. The average Bonchev–Trinajstić information content (AvgIpc) is 3.62. The Labute approximate surface area is 220 Å². The molecule has 12 heteroatoms. The van der Waals surface area contributed by atoms with Gasteiger partial charge in [0.15, 0.2) is 0 Å². The molecule has 0 aromatic carbocycles. The number of nitrogens with one attached hydrogen (secondary N) is 1. The van der Waals surface area contributed by atoms with Crippen LogP contribution in [0.15, 0.2) is 16.7 Å². The SMILES string of the molecule is Cc1nc(-c2nnn(C)c2CNc2noc(COC3CCC3)n2)ccc1OC1CC2CCC(C(=O)O)C2C1. The highest BCUT2D eigenvalue weighted by Crippen LogP contribution is 2.48. The van der Waals surface area contributed by atoms with Crippen LogP contribution in [0.2, 0.25) is 0 Å². The zero-order valence-electron chi connectivity index (χ0n) is 21.7. The standard InChI is InChI=1S/C26H33N7O5/c1-14-22(37-17-10-15-6-7-18(25(34)35)19(15)11-17)9-8-20(28-14)24-21(33(2)32-30-24)12-27-26-29-23(38-31-26)13-36-16-4-3-5-16/h8-9,15-19H,3-7,10-13H2,1-2H3,(H,27,31)(H,34,35). The molecular weight excluding hydrogens is 490 g/mol. The number of carboxylic acid groups (broad SMARTS) is 1. The van der Waals surface area contributed by atoms with E-state index in [9.17, 15) is 9.90 Å². The number of aliphatic carboxylic acids is 1. The minimum absolute atomic E-state index is 0.0220. The molecule has 2 N–H and O–H groups in total. The number of nitrogens with zero attached hydrogens (tertiary/aromatic N) is 6. The number of aryl methyl sites for hydroxylation is 2. The minimum Gasteiger partial charge on any atom is -0.489 e. The number of ether oxygens (including phenoxy) is 2. The molecule has 0 aliphatic heterocycles. The van der Waals surface area contributed by atoms with Gasteiger partial charge in [-0.2, -0.15) is 4.98 Å². The van der Waals surface area contributed by atoms with Crippen LogP contribution in [0.5, 0.6) is 5.75 Å². The summed E-state index contributed by atoms with van der Waals surface area (Å²) in [6, 6.07) is 3.80. The van der Waals surface area contributed by atoms with Gasteiger partial charge in [0.2, 0.25) is 0 Å². The molecule has 3 aliphatic rings. The maximum atomic E-state index is 11.6. The van der Waals surface area contributed by atoms with Crippen molar-refractivity contribution in [2.45, 2.75) is 77.2 Å². The van der Waals surface area contributed by atoms with Crippen LogP contribution in [-0.2, 0) is 29.7 Å². The van der Waals surface area contributed by atoms with Crippen molar-refractivity contribution in [3.63, 3.8) is 0 Å². The predicted molar refractivity (Wildman–Crippen MR) is 134 cm³/mol. The summed E-state index contributed by atoms with van der Waals surface area (Å²) in [5, 5.41) is 25.2. The second-order valence-electron chi connectivity index (χ2n) is 10.7. The number of hydrogen-bond donors (Lipinski definition) is 2. The van der Waals surface area contributed by atoms with Gasteiger partial charge >= 0.3 is 5.97 Å². The Balaban J connectivity index is 1.09. The highest BCUT2D eigenvalue weighted by Gasteiger charge is 2.47. The summed E-state index contributed by atoms with van der Waals surface area (Å²) < 4.78 is 19.0. The molecule has 3 aliphatic carbocycles. The Morgan fingerprint density at radius 1 is 1.18 bits per heavy atom. The minimum atomic E-state index is -0.674. The van der Waals surface area contributed by atoms with Crippen LogP contribution in [0.25, 0.3) is 11.4 Å². The number of fused-ring (bicyclic) bond motifs is 1. The van der Waals surface area contributed by atoms with Crippen molar-refractivity contribution in [3.05, 3.63) is 29.4 Å². The van der Waals surface area contributed by atoms with Crippen molar-refractivity contribution in [3.8, 4) is 17.1 Å². The molecule has 3 aromatic heterocycles. The molecule has 0 spiro atoms. The zero-order chi connectivity index (χ0) is 26.2. The molecule has 3 fully saturated rings. The molecule has 3 saturated carbocycles. The van der Waals surface area contributed by atoms with Crippen molar-refractivity contribution in [2.24, 2.45) is 24.8 Å². The van der Waals surface area contributed by atoms with Crippen LogP contribution in [-0.4, -0.2) is 53.4 Å². The maximum absolute atomic E-state index is 11.6. The Kier molecular flexibility index (Phi) is 6.73. The number of aromatic nitrogens is 6. The van der Waals surface area contributed by atoms with Gasteiger partial charge in [-0.15, -0.1) is 5.10 Å². The Bertz CT molecular complexity index is 1300. The molecular formula is C26H33N7O5. The van der Waals surface area contributed by atoms with Crippen LogP contribution in [0.4, 0.5) is 5.95 Å². The first-order chi connectivity index (χ1) is 18.4. The third-order valence-corrected chi connectivity index (χ3v) is 8.28. The van der Waals surface area contributed by atoms with E-state index in [4.69, 9.17) is 19.0 Å². The van der Waals surface area contributed by atoms with E-state index in [1.807, 2.05) is 26.1 Å². The van der Waals surface area contributed by atoms with Gasteiger partial charge in [0.1, 0.15) is 18.1 Å². The number of anilines is 1. The van der Waals surface area contributed by atoms with E-state index >= 15 is 0 Å². The molecule has 0 radical (unpaired) electrons. The highest BCUT2D eigenvalue weighted by molar-refractivity contribution is 5.71. The Morgan fingerprint density at radius 2 is 2.05 bits per heavy atom. The van der Waals surface area contributed by atoms with Gasteiger partial charge in [-0.3, -0.25) is 4.79 Å². The third kappa shape index (κ3) is 4.96. The van der Waals surface area contributed by atoms with E-state index in [-0.39, 0.29) is 17.9 Å². The van der Waals surface area contributed by atoms with E-state index in [1.165, 1.54) is 6.42 Å². The van der Waals surface area contributed by atoms with Crippen molar-refractivity contribution in [1.82, 2.24) is 30.1 Å². The summed E-state index contributed by atoms with van der Waals surface area (Å²) in [5.41, 5.74) is 2.93. The third-order valence-electron chi connectivity index (χ3n) is 8.28. The van der Waals surface area contributed by atoms with Gasteiger partial charge in [-0.25, -0.2) is 9.67 Å². The molecule has 3 heterocycles. The summed E-state index contributed by atoms with van der Waals surface area (Å²) in [6.07, 6.45) is 7.15. The lowest BCUT2D eigenvalue weighted by Gasteiger charge is -2.24. The molecule has 12 nitrogen and oxygen atoms in total. The van der Waals surface area contributed by atoms with Gasteiger partial charge in [-0.05, 0) is 81.0 Å². The topological polar surface area (TPSA) is 150 Å². The van der Waals surface area contributed by atoms with Gasteiger partial charge in [0.05, 0.1) is 41.8 Å². The van der Waals surface area contributed by atoms with Crippen LogP contribution in [0.1, 0.15) is 62.2 Å². The average molecular weight is 524 g/mol. The second-order valence-corrected chi connectivity index (χ2v) is 10.7. The molecule has 4 atom stereocenters. The summed E-state index contributed by atoms with van der Waals surface area (Å²) in [7, 11) is 1.83. The largest absolute Gasteiger partial charge is 0.489 e. The lowest BCUT2D eigenvalue weighted by Crippen LogP contribution is -2.21. The van der Waals surface area contributed by atoms with Gasteiger partial charge in [0, 0.05) is 7.05 Å². The smallest absolute Gasteiger partial charge is 0.306 e. The number of carbonyl (C=O) groups is 1. The highest BCUT2D eigenvalue weighted by atomic mass is 16.5. The summed E-state index contributed by atoms with van der Waals surface area (Å²) >= 11 is 0. The quantitative estimate of drug-likeness (QED) is 0.402. The lowest BCUT2D eigenvalue weighted by molar-refractivity contribution is -0.143. The van der Waals surface area contributed by atoms with E-state index in [0.717, 1.165) is 55.7 Å². The fourth-order valence-electron chi connectivity index (χ4n) is 5.97. The second kappa shape index (κ2) is 10.3. The van der Waals surface area contributed by atoms with Crippen LogP contribution < -0.4 is 10.1 Å². The Hall–Kier alpha value is -3.54. The fraction of sp³-hybridized carbons (Fsp3) is 0.615. The van der Waals surface area contributed by atoms with E-state index in [0.29, 0.717) is 48.4 Å². The van der Waals surface area contributed by atoms with Gasteiger partial charge in [-0.1, -0.05) is 5.21 Å². The summed E-state index contributed by atoms with van der Waals surface area (Å²) in [6.45, 7) is 2.61. The molecule has 38 heavy (non-hydrogen) atoms. The lowest BCUT2D eigenvalue weighted by atomic mass is 9.92. The predicted octanol–water partition coefficient (Wildman–Crippen LogP) is 3.52. The number of carboxylic acids is 1. The van der Waals surface area contributed by atoms with Crippen molar-refractivity contribution >= 4 is 11.9 Å². The number of pyridine rings is 1. The van der Waals surface area contributed by atoms with Crippen molar-refractivity contribution < 1.29 is 23.9 Å². The van der Waals surface area contributed by atoms with Gasteiger partial charge < -0.3 is 24.4 Å². The molecule has 4 unspecified atom stereocenters. The van der Waals surface area contributed by atoms with E-state index < -0.39 is 5.97 Å². The van der Waals surface area contributed by atoms with Crippen molar-refractivity contribution in [2.75, 3.05) is 5.32 Å². The van der Waals surface area contributed by atoms with E-state index in [1.54, 1.807) is 4.68 Å². The van der Waals surface area contributed by atoms with Crippen LogP contribution >= 0.6 is 0 Å². The molecule has 3 aromatic rings. The maximum Gasteiger partial charge on any atom is 0.306 e. The molecule has 202 valence electrons. The molecule has 0 saturated heterocycles. The number of rotatable bonds is 10. The first-order valence-electron chi connectivity index (χ1n) is 13.4. The van der Waals surface area contributed by atoms with E-state index in [2.05, 4.69) is 25.8 Å². The number of hydrogen-bond acceptors (Lipinski definition) is 10. The van der Waals surface area contributed by atoms with Gasteiger partial charge in [0.25, 0.3) is 11.8 Å². The Morgan fingerprint density at radius 3 is 2.82 bits per heavy atom. The van der Waals surface area contributed by atoms with Crippen LogP contribution in [0, 0.1) is 24.7 Å². The fourth-order valence-corrected chi connectivity index (χ4v) is 5.97. The zero-order valence-corrected chi connectivity index (χ0v) is 21.7. The first kappa shape index (κ1) is 24.8. The van der Waals surface area contributed by atoms with Crippen LogP contribution in [0.3, 0.4) is 0 Å². The molecule has 0 bridgehead atoms. The monoisotopic (exact) mass is 523 g/mol. The summed E-state index contributed by atoms with van der Waals surface area (Å²) in [4.78, 5) is 20.7. The molecule has 6 rings (SSSR count). The molecule has 0 amide bonds. The van der Waals surface area contributed by atoms with Crippen molar-refractivity contribution in [1.29, 1.82) is 0 Å².